The molecule has 9 nitrogen and oxygen atoms in total. The molecule has 1 aromatic carbocycles. The summed E-state index contributed by atoms with van der Waals surface area (Å²) in [4.78, 5) is 27.5. The number of morpholine rings is 1. The molecule has 1 fully saturated rings. The predicted octanol–water partition coefficient (Wildman–Crippen LogP) is 2.35. The third-order valence-corrected chi connectivity index (χ3v) is 4.89. The maximum absolute atomic E-state index is 13.0. The Labute approximate surface area is 182 Å². The molecule has 1 aliphatic heterocycles. The van der Waals surface area contributed by atoms with Gasteiger partial charge < -0.3 is 24.4 Å². The molecule has 1 aromatic heterocycles. The maximum atomic E-state index is 13.0. The summed E-state index contributed by atoms with van der Waals surface area (Å²) in [5.74, 6) is 0.865. The Morgan fingerprint density at radius 3 is 2.48 bits per heavy atom. The maximum Gasteiger partial charge on any atom is 0.274 e. The molecule has 31 heavy (non-hydrogen) atoms. The fourth-order valence-electron chi connectivity index (χ4n) is 3.44. The molecule has 168 valence electrons. The van der Waals surface area contributed by atoms with Crippen LogP contribution in [0.25, 0.3) is 0 Å². The normalized spacial score (nSPS) is 13.7. The number of rotatable bonds is 9. The summed E-state index contributed by atoms with van der Waals surface area (Å²) in [5.41, 5.74) is 1.59. The van der Waals surface area contributed by atoms with Crippen molar-refractivity contribution < 1.29 is 23.8 Å². The van der Waals surface area contributed by atoms with Crippen LogP contribution in [0.5, 0.6) is 11.5 Å². The summed E-state index contributed by atoms with van der Waals surface area (Å²) in [6.07, 6.45) is 1.66. The van der Waals surface area contributed by atoms with E-state index in [-0.39, 0.29) is 18.2 Å². The molecule has 0 radical (unpaired) electrons. The first-order valence-corrected chi connectivity index (χ1v) is 10.7. The van der Waals surface area contributed by atoms with Gasteiger partial charge in [0.15, 0.2) is 11.5 Å². The predicted molar refractivity (Wildman–Crippen MR) is 116 cm³/mol. The Morgan fingerprint density at radius 2 is 1.81 bits per heavy atom. The largest absolute Gasteiger partial charge is 0.490 e. The lowest BCUT2D eigenvalue weighted by atomic mass is 10.1. The molecule has 2 aromatic rings. The second-order valence-electron chi connectivity index (χ2n) is 7.00. The highest BCUT2D eigenvalue weighted by atomic mass is 16.5. The Morgan fingerprint density at radius 1 is 1.10 bits per heavy atom. The third-order valence-electron chi connectivity index (χ3n) is 4.89. The van der Waals surface area contributed by atoms with Crippen molar-refractivity contribution in [1.82, 2.24) is 14.7 Å². The smallest absolute Gasteiger partial charge is 0.274 e. The van der Waals surface area contributed by atoms with Gasteiger partial charge in [0.2, 0.25) is 5.91 Å². The topological polar surface area (TPSA) is 94.9 Å². The minimum atomic E-state index is -0.238. The van der Waals surface area contributed by atoms with Crippen molar-refractivity contribution in [3.63, 3.8) is 0 Å². The number of aryl methyl sites for hydroxylation is 1. The molecular formula is C22H30N4O5. The van der Waals surface area contributed by atoms with Gasteiger partial charge in [-0.15, -0.1) is 0 Å². The van der Waals surface area contributed by atoms with Crippen molar-refractivity contribution in [2.24, 2.45) is 0 Å². The number of carbonyl (C=O) groups is 2. The number of amides is 2. The number of carbonyl (C=O) groups excluding carboxylic acids is 2. The number of hydrogen-bond acceptors (Lipinski definition) is 6. The van der Waals surface area contributed by atoms with Crippen LogP contribution >= 0.6 is 0 Å². The van der Waals surface area contributed by atoms with E-state index >= 15 is 0 Å². The van der Waals surface area contributed by atoms with Crippen LogP contribution in [0.2, 0.25) is 0 Å². The lowest BCUT2D eigenvalue weighted by molar-refractivity contribution is -0.115. The fraction of sp³-hybridized carbons (Fsp3) is 0.500. The number of hydrogen-bond donors (Lipinski definition) is 1. The molecule has 2 heterocycles. The number of anilines is 1. The van der Waals surface area contributed by atoms with Crippen LogP contribution < -0.4 is 14.8 Å². The van der Waals surface area contributed by atoms with Crippen LogP contribution in [-0.4, -0.2) is 66.0 Å². The number of nitrogens with one attached hydrogen (secondary N) is 1. The minimum Gasteiger partial charge on any atom is -0.490 e. The summed E-state index contributed by atoms with van der Waals surface area (Å²) in [7, 11) is 0. The van der Waals surface area contributed by atoms with Gasteiger partial charge in [-0.05, 0) is 38.5 Å². The fourth-order valence-corrected chi connectivity index (χ4v) is 3.44. The van der Waals surface area contributed by atoms with E-state index in [2.05, 4.69) is 10.4 Å². The first kappa shape index (κ1) is 22.6. The van der Waals surface area contributed by atoms with Crippen molar-refractivity contribution in [3.05, 3.63) is 35.7 Å². The second kappa shape index (κ2) is 10.8. The Bertz CT molecular complexity index is 905. The van der Waals surface area contributed by atoms with Crippen LogP contribution in [0, 0.1) is 0 Å². The molecule has 1 aliphatic rings. The summed E-state index contributed by atoms with van der Waals surface area (Å²) in [5, 5.41) is 7.12. The second-order valence-corrected chi connectivity index (χ2v) is 7.00. The quantitative estimate of drug-likeness (QED) is 0.656. The van der Waals surface area contributed by atoms with Gasteiger partial charge in [0.1, 0.15) is 5.69 Å². The zero-order valence-electron chi connectivity index (χ0n) is 18.3. The van der Waals surface area contributed by atoms with Gasteiger partial charge in [0, 0.05) is 19.6 Å². The van der Waals surface area contributed by atoms with Gasteiger partial charge in [-0.1, -0.05) is 6.07 Å². The molecule has 0 spiro atoms. The first-order valence-electron chi connectivity index (χ1n) is 10.7. The summed E-state index contributed by atoms with van der Waals surface area (Å²) >= 11 is 0. The van der Waals surface area contributed by atoms with E-state index in [1.54, 1.807) is 15.6 Å². The Balaban J connectivity index is 1.74. The average molecular weight is 431 g/mol. The zero-order valence-corrected chi connectivity index (χ0v) is 18.3. The van der Waals surface area contributed by atoms with Gasteiger partial charge in [-0.2, -0.15) is 5.10 Å². The van der Waals surface area contributed by atoms with Crippen LogP contribution in [0.4, 0.5) is 5.69 Å². The van der Waals surface area contributed by atoms with Crippen molar-refractivity contribution in [3.8, 4) is 11.5 Å². The van der Waals surface area contributed by atoms with Gasteiger partial charge in [0.25, 0.3) is 5.91 Å². The van der Waals surface area contributed by atoms with Crippen LogP contribution in [0.3, 0.4) is 0 Å². The first-order chi connectivity index (χ1) is 15.1. The number of nitrogens with zero attached hydrogens (tertiary/aromatic N) is 3. The zero-order chi connectivity index (χ0) is 22.2. The SMILES string of the molecule is CCOc1ccc(CC(=O)Nc2cnn(CC)c2C(=O)N2CCOCC2)cc1OCC. The van der Waals surface area contributed by atoms with Gasteiger partial charge in [-0.3, -0.25) is 14.3 Å². The van der Waals surface area contributed by atoms with Gasteiger partial charge in [-0.25, -0.2) is 0 Å². The van der Waals surface area contributed by atoms with E-state index in [0.717, 1.165) is 5.56 Å². The van der Waals surface area contributed by atoms with Crippen LogP contribution in [-0.2, 0) is 22.5 Å². The summed E-state index contributed by atoms with van der Waals surface area (Å²) < 4.78 is 18.1. The molecule has 0 saturated carbocycles. The molecule has 0 unspecified atom stereocenters. The van der Waals surface area contributed by atoms with Crippen molar-refractivity contribution in [2.75, 3.05) is 44.8 Å². The third kappa shape index (κ3) is 5.55. The summed E-state index contributed by atoms with van der Waals surface area (Å²) in [6, 6.07) is 5.45. The number of aromatic nitrogens is 2. The molecule has 0 bridgehead atoms. The van der Waals surface area contributed by atoms with Crippen molar-refractivity contribution in [2.45, 2.75) is 33.7 Å². The van der Waals surface area contributed by atoms with E-state index in [0.29, 0.717) is 68.9 Å². The molecule has 0 atom stereocenters. The highest BCUT2D eigenvalue weighted by Gasteiger charge is 2.26. The molecule has 1 N–H and O–H groups in total. The van der Waals surface area contributed by atoms with Crippen molar-refractivity contribution in [1.29, 1.82) is 0 Å². The van der Waals surface area contributed by atoms with Crippen LogP contribution in [0.1, 0.15) is 36.8 Å². The Hall–Kier alpha value is -3.07. The van der Waals surface area contributed by atoms with Crippen molar-refractivity contribution >= 4 is 17.5 Å². The molecule has 3 rings (SSSR count). The van der Waals surface area contributed by atoms with Gasteiger partial charge in [0.05, 0.1) is 44.7 Å². The Kier molecular flexibility index (Phi) is 7.88. The van der Waals surface area contributed by atoms with E-state index in [9.17, 15) is 9.59 Å². The molecular weight excluding hydrogens is 400 g/mol. The van der Waals surface area contributed by atoms with E-state index in [1.165, 1.54) is 6.20 Å². The van der Waals surface area contributed by atoms with E-state index in [1.807, 2.05) is 32.9 Å². The molecule has 1 saturated heterocycles. The highest BCUT2D eigenvalue weighted by molar-refractivity contribution is 6.02. The van der Waals surface area contributed by atoms with E-state index in [4.69, 9.17) is 14.2 Å². The molecule has 0 aliphatic carbocycles. The summed E-state index contributed by atoms with van der Waals surface area (Å²) in [6.45, 7) is 9.32. The minimum absolute atomic E-state index is 0.134. The number of benzene rings is 1. The molecule has 2 amide bonds. The van der Waals surface area contributed by atoms with Gasteiger partial charge >= 0.3 is 0 Å². The standard InChI is InChI=1S/C22H30N4O5/c1-4-26-21(22(28)25-9-11-29-12-10-25)17(15-23-26)24-20(27)14-16-7-8-18(30-5-2)19(13-16)31-6-3/h7-8,13,15H,4-6,9-12,14H2,1-3H3,(H,24,27). The highest BCUT2D eigenvalue weighted by Crippen LogP contribution is 2.29. The average Bonchev–Trinajstić information content (AvgIpc) is 3.18. The monoisotopic (exact) mass is 430 g/mol. The lowest BCUT2D eigenvalue weighted by Crippen LogP contribution is -2.41. The van der Waals surface area contributed by atoms with E-state index < -0.39 is 0 Å². The lowest BCUT2D eigenvalue weighted by Gasteiger charge is -2.27. The molecule has 9 heteroatoms. The number of ether oxygens (including phenoxy) is 3. The van der Waals surface area contributed by atoms with Crippen LogP contribution in [0.15, 0.2) is 24.4 Å².